The molecule has 0 bridgehead atoms. The molecular weight excluding hydrogens is 250 g/mol. The zero-order valence-electron chi connectivity index (χ0n) is 10.8. The summed E-state index contributed by atoms with van der Waals surface area (Å²) >= 11 is 1.78. The number of primary amides is 1. The Balaban J connectivity index is 1.80. The van der Waals surface area contributed by atoms with Crippen LogP contribution in [0, 0.1) is 5.92 Å². The van der Waals surface area contributed by atoms with Crippen molar-refractivity contribution in [3.63, 3.8) is 0 Å². The third-order valence-corrected chi connectivity index (χ3v) is 4.74. The van der Waals surface area contributed by atoms with E-state index in [0.29, 0.717) is 6.54 Å². The monoisotopic (exact) mass is 271 g/mol. The number of amides is 1. The molecule has 1 aliphatic heterocycles. The van der Waals surface area contributed by atoms with E-state index in [2.05, 4.69) is 22.0 Å². The summed E-state index contributed by atoms with van der Waals surface area (Å²) in [6, 6.07) is 0. The summed E-state index contributed by atoms with van der Waals surface area (Å²) < 4.78 is 4.65. The number of nitrogens with one attached hydrogen (secondary N) is 1. The van der Waals surface area contributed by atoms with E-state index in [1.165, 1.54) is 25.7 Å². The molecule has 0 radical (unpaired) electrons. The molecule has 0 aromatic carbocycles. The predicted molar refractivity (Wildman–Crippen MR) is 73.8 cm³/mol. The van der Waals surface area contributed by atoms with Gasteiger partial charge in [-0.3, -0.25) is 4.99 Å². The van der Waals surface area contributed by atoms with Crippen LogP contribution in [-0.2, 0) is 4.74 Å². The van der Waals surface area contributed by atoms with Crippen LogP contribution in [0.4, 0.5) is 4.79 Å². The molecule has 2 aliphatic rings. The Kier molecular flexibility index (Phi) is 4.37. The van der Waals surface area contributed by atoms with Gasteiger partial charge in [0.2, 0.25) is 0 Å². The third-order valence-electron chi connectivity index (χ3n) is 3.54. The highest BCUT2D eigenvalue weighted by Crippen LogP contribution is 2.38. The Hall–Kier alpha value is -0.910. The van der Waals surface area contributed by atoms with Gasteiger partial charge < -0.3 is 15.8 Å². The average molecular weight is 271 g/mol. The smallest absolute Gasteiger partial charge is 0.404 e. The van der Waals surface area contributed by atoms with Gasteiger partial charge in [0.25, 0.3) is 0 Å². The molecule has 0 aromatic heterocycles. The largest absolute Gasteiger partial charge is 0.448 e. The summed E-state index contributed by atoms with van der Waals surface area (Å²) in [4.78, 5) is 14.8. The van der Waals surface area contributed by atoms with Gasteiger partial charge in [-0.1, -0.05) is 31.5 Å². The topological polar surface area (TPSA) is 76.7 Å². The standard InChI is InChI=1S/C12H21N3O2S/c1-9-3-2-4-12(7-9)8-18-11(15-12)14-5-6-17-10(13)16/h9H,2-8H2,1H3,(H2,13,16)(H,14,15). The lowest BCUT2D eigenvalue weighted by molar-refractivity contribution is 0.160. The summed E-state index contributed by atoms with van der Waals surface area (Å²) in [5, 5.41) is 4.55. The van der Waals surface area contributed by atoms with Crippen molar-refractivity contribution in [2.45, 2.75) is 38.1 Å². The number of carbonyl (C=O) groups excluding carboxylic acids is 1. The molecule has 18 heavy (non-hydrogen) atoms. The van der Waals surface area contributed by atoms with E-state index in [1.807, 2.05) is 0 Å². The van der Waals surface area contributed by atoms with Crippen molar-refractivity contribution in [3.8, 4) is 0 Å². The minimum atomic E-state index is -0.736. The maximum Gasteiger partial charge on any atom is 0.404 e. The van der Waals surface area contributed by atoms with Crippen LogP contribution in [-0.4, -0.2) is 35.7 Å². The molecule has 1 saturated carbocycles. The van der Waals surface area contributed by atoms with E-state index in [-0.39, 0.29) is 12.1 Å². The Bertz CT molecular complexity index is 348. The first-order valence-corrected chi connectivity index (χ1v) is 7.46. The van der Waals surface area contributed by atoms with Gasteiger partial charge in [-0.15, -0.1) is 0 Å². The van der Waals surface area contributed by atoms with E-state index >= 15 is 0 Å². The first-order valence-electron chi connectivity index (χ1n) is 6.47. The summed E-state index contributed by atoms with van der Waals surface area (Å²) in [5.41, 5.74) is 5.14. The number of nitrogens with zero attached hydrogens (tertiary/aromatic N) is 1. The van der Waals surface area contributed by atoms with Crippen LogP contribution in [0.1, 0.15) is 32.6 Å². The third kappa shape index (κ3) is 3.54. The molecular formula is C12H21N3O2S. The minimum Gasteiger partial charge on any atom is -0.448 e. The normalized spacial score (nSPS) is 33.6. The molecule has 1 spiro atoms. The Labute approximate surface area is 112 Å². The number of amidine groups is 1. The number of nitrogens with two attached hydrogens (primary N) is 1. The molecule has 2 rings (SSSR count). The maximum atomic E-state index is 10.4. The molecule has 2 atom stereocenters. The van der Waals surface area contributed by atoms with Crippen molar-refractivity contribution in [2.24, 2.45) is 16.6 Å². The van der Waals surface area contributed by atoms with Gasteiger partial charge in [-0.05, 0) is 18.8 Å². The van der Waals surface area contributed by atoms with Gasteiger partial charge >= 0.3 is 6.09 Å². The fourth-order valence-corrected chi connectivity index (χ4v) is 4.01. The highest BCUT2D eigenvalue weighted by Gasteiger charge is 2.40. The molecule has 3 N–H and O–H groups in total. The van der Waals surface area contributed by atoms with Crippen LogP contribution in [0.15, 0.2) is 4.99 Å². The van der Waals surface area contributed by atoms with E-state index in [4.69, 9.17) is 5.73 Å². The van der Waals surface area contributed by atoms with E-state index in [1.54, 1.807) is 11.8 Å². The van der Waals surface area contributed by atoms with Crippen LogP contribution in [0.25, 0.3) is 0 Å². The van der Waals surface area contributed by atoms with Crippen LogP contribution >= 0.6 is 11.8 Å². The SMILES string of the molecule is CC1CCCC2(CSC(=NCCOC(N)=O)N2)C1. The summed E-state index contributed by atoms with van der Waals surface area (Å²) in [7, 11) is 0. The number of ether oxygens (including phenoxy) is 1. The van der Waals surface area contributed by atoms with Gasteiger partial charge in [0.1, 0.15) is 6.61 Å². The number of aliphatic imine (C=N–C) groups is 1. The van der Waals surface area contributed by atoms with Gasteiger partial charge in [0.15, 0.2) is 5.17 Å². The molecule has 6 heteroatoms. The molecule has 5 nitrogen and oxygen atoms in total. The molecule has 2 unspecified atom stereocenters. The van der Waals surface area contributed by atoms with Crippen molar-refractivity contribution in [3.05, 3.63) is 0 Å². The van der Waals surface area contributed by atoms with E-state index < -0.39 is 6.09 Å². The second-order valence-corrected chi connectivity index (χ2v) is 6.21. The minimum absolute atomic E-state index is 0.254. The summed E-state index contributed by atoms with van der Waals surface area (Å²) in [6.07, 6.45) is 4.37. The van der Waals surface area contributed by atoms with E-state index in [0.717, 1.165) is 16.8 Å². The van der Waals surface area contributed by atoms with Crippen LogP contribution in [0.3, 0.4) is 0 Å². The van der Waals surface area contributed by atoms with E-state index in [9.17, 15) is 4.79 Å². The van der Waals surface area contributed by atoms with Gasteiger partial charge in [0, 0.05) is 11.3 Å². The first-order chi connectivity index (χ1) is 8.60. The number of hydrogen-bond acceptors (Lipinski definition) is 4. The van der Waals surface area contributed by atoms with Crippen molar-refractivity contribution < 1.29 is 9.53 Å². The highest BCUT2D eigenvalue weighted by atomic mass is 32.2. The molecule has 1 aliphatic carbocycles. The fraction of sp³-hybridized carbons (Fsp3) is 0.833. The van der Waals surface area contributed by atoms with Crippen molar-refractivity contribution in [1.29, 1.82) is 0 Å². The fourth-order valence-electron chi connectivity index (χ4n) is 2.79. The lowest BCUT2D eigenvalue weighted by Crippen LogP contribution is -2.47. The molecule has 1 amide bonds. The summed E-state index contributed by atoms with van der Waals surface area (Å²) in [5.74, 6) is 1.90. The molecule has 102 valence electrons. The van der Waals surface area contributed by atoms with Gasteiger partial charge in [0.05, 0.1) is 6.54 Å². The zero-order chi connectivity index (χ0) is 13.0. The lowest BCUT2D eigenvalue weighted by atomic mass is 9.78. The zero-order valence-corrected chi connectivity index (χ0v) is 11.6. The van der Waals surface area contributed by atoms with Crippen molar-refractivity contribution >= 4 is 23.0 Å². The number of thioether (sulfide) groups is 1. The molecule has 1 heterocycles. The molecule has 0 aromatic rings. The molecule has 2 fully saturated rings. The first kappa shape index (κ1) is 13.5. The van der Waals surface area contributed by atoms with Crippen LogP contribution < -0.4 is 11.1 Å². The van der Waals surface area contributed by atoms with Crippen LogP contribution in [0.5, 0.6) is 0 Å². The second-order valence-electron chi connectivity index (χ2n) is 5.25. The number of hydrogen-bond donors (Lipinski definition) is 2. The Morgan fingerprint density at radius 2 is 2.56 bits per heavy atom. The Morgan fingerprint density at radius 1 is 1.72 bits per heavy atom. The quantitative estimate of drug-likeness (QED) is 0.766. The van der Waals surface area contributed by atoms with Gasteiger partial charge in [-0.25, -0.2) is 4.79 Å². The number of rotatable bonds is 3. The Morgan fingerprint density at radius 3 is 3.28 bits per heavy atom. The molecule has 1 saturated heterocycles. The van der Waals surface area contributed by atoms with Crippen molar-refractivity contribution in [1.82, 2.24) is 5.32 Å². The second kappa shape index (κ2) is 5.82. The average Bonchev–Trinajstić information content (AvgIpc) is 2.67. The highest BCUT2D eigenvalue weighted by molar-refractivity contribution is 8.14. The predicted octanol–water partition coefficient (Wildman–Crippen LogP) is 1.72. The van der Waals surface area contributed by atoms with Crippen molar-refractivity contribution in [2.75, 3.05) is 18.9 Å². The lowest BCUT2D eigenvalue weighted by Gasteiger charge is -2.36. The maximum absolute atomic E-state index is 10.4. The number of carbonyl (C=O) groups is 1. The van der Waals surface area contributed by atoms with Crippen LogP contribution in [0.2, 0.25) is 0 Å². The van der Waals surface area contributed by atoms with Gasteiger partial charge in [-0.2, -0.15) is 0 Å². The summed E-state index contributed by atoms with van der Waals surface area (Å²) in [6.45, 7) is 3.05.